The molecule has 0 bridgehead atoms. The van der Waals surface area contributed by atoms with Crippen molar-refractivity contribution in [2.75, 3.05) is 19.8 Å². The molecular formula is C43H80O6. The van der Waals surface area contributed by atoms with Crippen molar-refractivity contribution in [1.29, 1.82) is 0 Å². The van der Waals surface area contributed by atoms with Crippen molar-refractivity contribution < 1.29 is 28.5 Å². The maximum atomic E-state index is 12.5. The van der Waals surface area contributed by atoms with Gasteiger partial charge in [-0.05, 0) is 109 Å². The summed E-state index contributed by atoms with van der Waals surface area (Å²) in [6.07, 6.45) is 14.1. The number of esters is 1. The molecule has 0 rings (SSSR count). The van der Waals surface area contributed by atoms with Crippen LogP contribution in [0.1, 0.15) is 180 Å². The monoisotopic (exact) mass is 693 g/mol. The van der Waals surface area contributed by atoms with E-state index < -0.39 is 33.8 Å². The Bertz CT molecular complexity index is 983. The van der Waals surface area contributed by atoms with Crippen LogP contribution < -0.4 is 0 Å². The Morgan fingerprint density at radius 3 is 1.59 bits per heavy atom. The van der Waals surface area contributed by atoms with Crippen LogP contribution in [0.2, 0.25) is 0 Å². The van der Waals surface area contributed by atoms with Gasteiger partial charge in [-0.25, -0.2) is 4.79 Å². The van der Waals surface area contributed by atoms with Crippen LogP contribution in [0.25, 0.3) is 0 Å². The molecule has 0 N–H and O–H groups in total. The van der Waals surface area contributed by atoms with Crippen LogP contribution in [0, 0.1) is 16.7 Å². The van der Waals surface area contributed by atoms with Gasteiger partial charge in [0.05, 0.1) is 23.4 Å². The second-order valence-corrected chi connectivity index (χ2v) is 15.5. The first kappa shape index (κ1) is 47.5. The lowest BCUT2D eigenvalue weighted by molar-refractivity contribution is -0.254. The average Bonchev–Trinajstić information content (AvgIpc) is 3.12. The largest absolute Gasteiger partial charge is 0.456 e. The van der Waals surface area contributed by atoms with Crippen molar-refractivity contribution in [3.05, 3.63) is 25.3 Å². The van der Waals surface area contributed by atoms with Crippen LogP contribution in [0.15, 0.2) is 25.3 Å². The van der Waals surface area contributed by atoms with Crippen LogP contribution in [0.4, 0.5) is 0 Å². The smallest absolute Gasteiger partial charge is 0.330 e. The lowest BCUT2D eigenvalue weighted by Gasteiger charge is -2.60. The number of allylic oxidation sites excluding steroid dienone is 1. The fourth-order valence-corrected chi connectivity index (χ4v) is 7.98. The quantitative estimate of drug-likeness (QED) is 0.0551. The minimum atomic E-state index is -0.602. The van der Waals surface area contributed by atoms with Crippen LogP contribution in [-0.2, 0) is 28.5 Å². The minimum absolute atomic E-state index is 0.0973. The molecular weight excluding hydrogens is 612 g/mol. The SMILES string of the molecule is C=CC(=O)CC(CC)(CC)CCOC(C)(CC)CC(CC)(C(C)(CC)OCCC(C)CC)C(C)(CC)OCCC(CC)(CC)OC(=O)C=C. The summed E-state index contributed by atoms with van der Waals surface area (Å²) in [5.74, 6) is 0.304. The number of hydrogen-bond donors (Lipinski definition) is 0. The third-order valence-electron chi connectivity index (χ3n) is 13.2. The third kappa shape index (κ3) is 12.6. The number of rotatable bonds is 30. The lowest BCUT2D eigenvalue weighted by atomic mass is 9.54. The number of hydrogen-bond acceptors (Lipinski definition) is 6. The van der Waals surface area contributed by atoms with E-state index in [9.17, 15) is 9.59 Å². The van der Waals surface area contributed by atoms with Crippen LogP contribution >= 0.6 is 0 Å². The maximum absolute atomic E-state index is 12.5. The highest BCUT2D eigenvalue weighted by Gasteiger charge is 2.60. The van der Waals surface area contributed by atoms with Crippen LogP contribution in [0.5, 0.6) is 0 Å². The van der Waals surface area contributed by atoms with E-state index in [1.54, 1.807) is 0 Å². The summed E-state index contributed by atoms with van der Waals surface area (Å²) in [4.78, 5) is 24.8. The summed E-state index contributed by atoms with van der Waals surface area (Å²) in [6, 6.07) is 0. The maximum Gasteiger partial charge on any atom is 0.330 e. The molecule has 0 amide bonds. The highest BCUT2D eigenvalue weighted by molar-refractivity contribution is 5.89. The molecule has 0 aliphatic rings. The number of ketones is 1. The van der Waals surface area contributed by atoms with Crippen LogP contribution in [-0.4, -0.2) is 54.0 Å². The number of ether oxygens (including phenoxy) is 4. The molecule has 49 heavy (non-hydrogen) atoms. The molecule has 0 radical (unpaired) electrons. The van der Waals surface area contributed by atoms with Crippen molar-refractivity contribution in [3.63, 3.8) is 0 Å². The van der Waals surface area contributed by atoms with Crippen molar-refractivity contribution in [1.82, 2.24) is 0 Å². The van der Waals surface area contributed by atoms with E-state index in [1.807, 2.05) is 0 Å². The number of carbonyl (C=O) groups excluding carboxylic acids is 2. The molecule has 0 saturated carbocycles. The summed E-state index contributed by atoms with van der Waals surface area (Å²) < 4.78 is 27.2. The molecule has 0 fully saturated rings. The normalized spacial score (nSPS) is 18.0. The van der Waals surface area contributed by atoms with Gasteiger partial charge >= 0.3 is 5.97 Å². The Morgan fingerprint density at radius 1 is 0.653 bits per heavy atom. The number of carbonyl (C=O) groups is 2. The summed E-state index contributed by atoms with van der Waals surface area (Å²) in [6.45, 7) is 37.9. The van der Waals surface area contributed by atoms with Gasteiger partial charge in [-0.1, -0.05) is 88.8 Å². The van der Waals surface area contributed by atoms with Gasteiger partial charge in [0, 0.05) is 37.5 Å². The fourth-order valence-electron chi connectivity index (χ4n) is 7.98. The molecule has 0 saturated heterocycles. The molecule has 288 valence electrons. The van der Waals surface area contributed by atoms with Crippen LogP contribution in [0.3, 0.4) is 0 Å². The van der Waals surface area contributed by atoms with Crippen molar-refractivity contribution in [2.24, 2.45) is 16.7 Å². The van der Waals surface area contributed by atoms with Gasteiger partial charge in [-0.15, -0.1) is 0 Å². The van der Waals surface area contributed by atoms with E-state index in [1.165, 1.54) is 12.2 Å². The molecule has 5 atom stereocenters. The third-order valence-corrected chi connectivity index (χ3v) is 13.2. The zero-order valence-corrected chi connectivity index (χ0v) is 34.6. The average molecular weight is 693 g/mol. The second kappa shape index (κ2) is 21.8. The molecule has 5 unspecified atom stereocenters. The Hall–Kier alpha value is -1.50. The predicted octanol–water partition coefficient (Wildman–Crippen LogP) is 11.8. The lowest BCUT2D eigenvalue weighted by Crippen LogP contribution is -2.64. The Balaban J connectivity index is 6.87. The predicted molar refractivity (Wildman–Crippen MR) is 207 cm³/mol. The molecule has 0 aromatic heterocycles. The topological polar surface area (TPSA) is 71.1 Å². The van der Waals surface area contributed by atoms with E-state index in [0.717, 1.165) is 64.2 Å². The highest BCUT2D eigenvalue weighted by Crippen LogP contribution is 2.57. The molecule has 0 aromatic rings. The molecule has 0 aliphatic heterocycles. The second-order valence-electron chi connectivity index (χ2n) is 15.5. The Kier molecular flexibility index (Phi) is 21.1. The highest BCUT2D eigenvalue weighted by atomic mass is 16.6. The zero-order chi connectivity index (χ0) is 38.0. The van der Waals surface area contributed by atoms with Crippen molar-refractivity contribution in [2.45, 2.75) is 202 Å². The molecule has 0 spiro atoms. The first-order chi connectivity index (χ1) is 23.0. The molecule has 0 aromatic carbocycles. The van der Waals surface area contributed by atoms with Gasteiger partial charge in [0.15, 0.2) is 5.78 Å². The van der Waals surface area contributed by atoms with Gasteiger partial charge in [-0.3, -0.25) is 4.79 Å². The summed E-state index contributed by atoms with van der Waals surface area (Å²) in [5.41, 5.74) is -2.61. The van der Waals surface area contributed by atoms with E-state index in [-0.39, 0.29) is 11.2 Å². The van der Waals surface area contributed by atoms with E-state index >= 15 is 0 Å². The van der Waals surface area contributed by atoms with E-state index in [2.05, 4.69) is 103 Å². The summed E-state index contributed by atoms with van der Waals surface area (Å²) in [5, 5.41) is 0. The van der Waals surface area contributed by atoms with Crippen molar-refractivity contribution in [3.8, 4) is 0 Å². The molecule has 0 heterocycles. The first-order valence-electron chi connectivity index (χ1n) is 19.9. The van der Waals surface area contributed by atoms with Gasteiger partial charge in [0.2, 0.25) is 0 Å². The van der Waals surface area contributed by atoms with Gasteiger partial charge < -0.3 is 18.9 Å². The Morgan fingerprint density at radius 2 is 1.18 bits per heavy atom. The first-order valence-corrected chi connectivity index (χ1v) is 19.9. The minimum Gasteiger partial charge on any atom is -0.456 e. The zero-order valence-electron chi connectivity index (χ0n) is 34.6. The summed E-state index contributed by atoms with van der Waals surface area (Å²) >= 11 is 0. The van der Waals surface area contributed by atoms with Crippen molar-refractivity contribution >= 4 is 11.8 Å². The molecule has 6 heteroatoms. The molecule has 6 nitrogen and oxygen atoms in total. The fraction of sp³-hybridized carbons (Fsp3) is 0.860. The Labute approximate surface area is 303 Å². The van der Waals surface area contributed by atoms with E-state index in [0.29, 0.717) is 51.4 Å². The standard InChI is InChI=1S/C43H80O6/c1-16-35(12)27-30-47-39(14,20-5)43(26-11,40(15,21-6)48-32-29-42(24-9,25-10)49-37(45)18-3)34-38(13,19-4)46-31-28-41(22-7,23-8)33-36(44)17-2/h17-18,35H,2-3,16,19-34H2,1,4-15H3. The molecule has 0 aliphatic carbocycles. The van der Waals surface area contributed by atoms with Gasteiger partial charge in [0.25, 0.3) is 0 Å². The van der Waals surface area contributed by atoms with Gasteiger partial charge in [-0.2, -0.15) is 0 Å². The summed E-state index contributed by atoms with van der Waals surface area (Å²) in [7, 11) is 0. The van der Waals surface area contributed by atoms with E-state index in [4.69, 9.17) is 18.9 Å². The van der Waals surface area contributed by atoms with Gasteiger partial charge in [0.1, 0.15) is 5.60 Å².